The molecule has 2 rings (SSSR count). The van der Waals surface area contributed by atoms with Gasteiger partial charge in [0.25, 0.3) is 0 Å². The Labute approximate surface area is 79.9 Å². The second-order valence-electron chi connectivity index (χ2n) is 4.04. The van der Waals surface area contributed by atoms with Crippen LogP contribution in [-0.2, 0) is 0 Å². The molecule has 0 aromatic heterocycles. The molecule has 0 saturated carbocycles. The number of piperazine rings is 1. The maximum Gasteiger partial charge on any atom is 0.0622 e. The number of nitriles is 1. The second kappa shape index (κ2) is 4.08. The highest BCUT2D eigenvalue weighted by atomic mass is 15.3. The molecular formula is C10H17N3. The number of fused-ring (bicyclic) bond motifs is 2. The minimum atomic E-state index is 0.715. The molecule has 0 spiro atoms. The smallest absolute Gasteiger partial charge is 0.0622 e. The largest absolute Gasteiger partial charge is 0.300 e. The van der Waals surface area contributed by atoms with Gasteiger partial charge in [0, 0.05) is 32.1 Å². The van der Waals surface area contributed by atoms with Crippen molar-refractivity contribution in [2.24, 2.45) is 0 Å². The van der Waals surface area contributed by atoms with E-state index in [9.17, 15) is 0 Å². The van der Waals surface area contributed by atoms with E-state index in [1.807, 2.05) is 0 Å². The van der Waals surface area contributed by atoms with Gasteiger partial charge in [0.05, 0.1) is 6.07 Å². The fourth-order valence-corrected chi connectivity index (χ4v) is 2.42. The average Bonchev–Trinajstić information content (AvgIpc) is 2.53. The molecule has 2 heterocycles. The Kier molecular flexibility index (Phi) is 2.82. The summed E-state index contributed by atoms with van der Waals surface area (Å²) in [6.45, 7) is 6.15. The van der Waals surface area contributed by atoms with Gasteiger partial charge in [0.15, 0.2) is 0 Å². The summed E-state index contributed by atoms with van der Waals surface area (Å²) in [6.07, 6.45) is 3.10. The maximum atomic E-state index is 8.45. The Bertz CT molecular complexity index is 209. The highest BCUT2D eigenvalue weighted by molar-refractivity contribution is 4.88. The van der Waals surface area contributed by atoms with Crippen molar-refractivity contribution < 1.29 is 0 Å². The number of hydrogen-bond acceptors (Lipinski definition) is 3. The summed E-state index contributed by atoms with van der Waals surface area (Å²) < 4.78 is 0. The number of hydrogen-bond donors (Lipinski definition) is 0. The zero-order valence-electron chi connectivity index (χ0n) is 8.08. The van der Waals surface area contributed by atoms with E-state index in [-0.39, 0.29) is 0 Å². The quantitative estimate of drug-likeness (QED) is 0.597. The Morgan fingerprint density at radius 1 is 1.31 bits per heavy atom. The highest BCUT2D eigenvalue weighted by Gasteiger charge is 2.31. The van der Waals surface area contributed by atoms with Crippen molar-refractivity contribution in [3.05, 3.63) is 0 Å². The lowest BCUT2D eigenvalue weighted by atomic mass is 10.2. The molecule has 72 valence electrons. The summed E-state index contributed by atoms with van der Waals surface area (Å²) in [4.78, 5) is 5.12. The Hall–Kier alpha value is -0.590. The van der Waals surface area contributed by atoms with Gasteiger partial charge in [0.1, 0.15) is 0 Å². The van der Waals surface area contributed by atoms with Gasteiger partial charge >= 0.3 is 0 Å². The molecule has 0 aliphatic carbocycles. The van der Waals surface area contributed by atoms with Gasteiger partial charge in [-0.1, -0.05) is 0 Å². The van der Waals surface area contributed by atoms with Crippen molar-refractivity contribution >= 4 is 0 Å². The minimum Gasteiger partial charge on any atom is -0.300 e. The summed E-state index contributed by atoms with van der Waals surface area (Å²) in [5, 5.41) is 8.45. The molecule has 2 fully saturated rings. The first-order valence-electron chi connectivity index (χ1n) is 5.23. The monoisotopic (exact) mass is 179 g/mol. The first-order chi connectivity index (χ1) is 6.40. The molecule has 2 saturated heterocycles. The summed E-state index contributed by atoms with van der Waals surface area (Å²) in [5.74, 6) is 0. The molecule has 2 unspecified atom stereocenters. The van der Waals surface area contributed by atoms with E-state index in [0.29, 0.717) is 6.42 Å². The third-order valence-electron chi connectivity index (χ3n) is 3.20. The SMILES string of the molecule is N#CCCCN1CCN2CCC1C2. The molecule has 13 heavy (non-hydrogen) atoms. The highest BCUT2D eigenvalue weighted by Crippen LogP contribution is 2.20. The van der Waals surface area contributed by atoms with Gasteiger partial charge < -0.3 is 4.90 Å². The normalized spacial score (nSPS) is 33.2. The summed E-state index contributed by atoms with van der Waals surface area (Å²) in [7, 11) is 0. The molecule has 2 aliphatic rings. The van der Waals surface area contributed by atoms with Crippen molar-refractivity contribution in [3.63, 3.8) is 0 Å². The minimum absolute atomic E-state index is 0.715. The number of unbranched alkanes of at least 4 members (excludes halogenated alkanes) is 1. The lowest BCUT2D eigenvalue weighted by Gasteiger charge is -2.34. The van der Waals surface area contributed by atoms with E-state index in [1.165, 1.54) is 32.6 Å². The van der Waals surface area contributed by atoms with Crippen LogP contribution in [0.4, 0.5) is 0 Å². The topological polar surface area (TPSA) is 30.3 Å². The predicted octanol–water partition coefficient (Wildman–Crippen LogP) is 0.680. The van der Waals surface area contributed by atoms with Crippen LogP contribution in [0.5, 0.6) is 0 Å². The van der Waals surface area contributed by atoms with Crippen molar-refractivity contribution in [3.8, 4) is 6.07 Å². The Morgan fingerprint density at radius 3 is 3.08 bits per heavy atom. The molecular weight excluding hydrogens is 162 g/mol. The van der Waals surface area contributed by atoms with Crippen LogP contribution in [0.15, 0.2) is 0 Å². The van der Waals surface area contributed by atoms with Gasteiger partial charge in [-0.15, -0.1) is 0 Å². The van der Waals surface area contributed by atoms with Crippen LogP contribution in [0.3, 0.4) is 0 Å². The van der Waals surface area contributed by atoms with Crippen LogP contribution in [0.2, 0.25) is 0 Å². The van der Waals surface area contributed by atoms with E-state index >= 15 is 0 Å². The Balaban J connectivity index is 1.76. The van der Waals surface area contributed by atoms with Gasteiger partial charge in [0.2, 0.25) is 0 Å². The fourth-order valence-electron chi connectivity index (χ4n) is 2.42. The third-order valence-corrected chi connectivity index (χ3v) is 3.20. The number of nitrogens with zero attached hydrogens (tertiary/aromatic N) is 3. The summed E-state index contributed by atoms with van der Waals surface area (Å²) in [6, 6.07) is 3.01. The van der Waals surface area contributed by atoms with Crippen LogP contribution in [0.1, 0.15) is 19.3 Å². The lowest BCUT2D eigenvalue weighted by molar-refractivity contribution is 0.134. The zero-order valence-corrected chi connectivity index (χ0v) is 8.08. The maximum absolute atomic E-state index is 8.45. The summed E-state index contributed by atoms with van der Waals surface area (Å²) in [5.41, 5.74) is 0. The summed E-state index contributed by atoms with van der Waals surface area (Å²) >= 11 is 0. The van der Waals surface area contributed by atoms with Crippen molar-refractivity contribution in [1.82, 2.24) is 9.80 Å². The first-order valence-corrected chi connectivity index (χ1v) is 5.23. The van der Waals surface area contributed by atoms with Crippen LogP contribution in [0.25, 0.3) is 0 Å². The van der Waals surface area contributed by atoms with Crippen LogP contribution < -0.4 is 0 Å². The van der Waals surface area contributed by atoms with Crippen molar-refractivity contribution in [1.29, 1.82) is 5.26 Å². The third kappa shape index (κ3) is 2.01. The lowest BCUT2D eigenvalue weighted by Crippen LogP contribution is -2.46. The second-order valence-corrected chi connectivity index (χ2v) is 4.04. The van der Waals surface area contributed by atoms with E-state index in [4.69, 9.17) is 5.26 Å². The molecule has 2 aliphatic heterocycles. The van der Waals surface area contributed by atoms with Crippen molar-refractivity contribution in [2.45, 2.75) is 25.3 Å². The fraction of sp³-hybridized carbons (Fsp3) is 0.900. The molecule has 0 aromatic rings. The van der Waals surface area contributed by atoms with Gasteiger partial charge in [-0.2, -0.15) is 5.26 Å². The Morgan fingerprint density at radius 2 is 2.23 bits per heavy atom. The van der Waals surface area contributed by atoms with Crippen molar-refractivity contribution in [2.75, 3.05) is 32.7 Å². The zero-order chi connectivity index (χ0) is 9.10. The van der Waals surface area contributed by atoms with Gasteiger partial charge in [-0.3, -0.25) is 4.90 Å². The predicted molar refractivity (Wildman–Crippen MR) is 51.3 cm³/mol. The van der Waals surface area contributed by atoms with E-state index in [2.05, 4.69) is 15.9 Å². The first kappa shape index (κ1) is 8.98. The molecule has 3 heteroatoms. The molecule has 2 bridgehead atoms. The van der Waals surface area contributed by atoms with Crippen LogP contribution in [0, 0.1) is 11.3 Å². The van der Waals surface area contributed by atoms with E-state index in [1.54, 1.807) is 0 Å². The van der Waals surface area contributed by atoms with Crippen LogP contribution in [-0.4, -0.2) is 48.6 Å². The average molecular weight is 179 g/mol. The van der Waals surface area contributed by atoms with E-state index < -0.39 is 0 Å². The molecule has 0 aromatic carbocycles. The van der Waals surface area contributed by atoms with Gasteiger partial charge in [-0.25, -0.2) is 0 Å². The number of rotatable bonds is 3. The van der Waals surface area contributed by atoms with E-state index in [0.717, 1.165) is 19.0 Å². The molecule has 2 atom stereocenters. The van der Waals surface area contributed by atoms with Crippen LogP contribution >= 0.6 is 0 Å². The molecule has 3 nitrogen and oxygen atoms in total. The van der Waals surface area contributed by atoms with Gasteiger partial charge in [-0.05, 0) is 25.9 Å². The standard InChI is InChI=1S/C10H17N3/c11-4-1-2-5-13-8-7-12-6-3-10(13)9-12/h10H,1-3,5-9H2. The molecule has 0 N–H and O–H groups in total. The molecule has 0 radical (unpaired) electrons. The molecule has 0 amide bonds.